The summed E-state index contributed by atoms with van der Waals surface area (Å²) in [5, 5.41) is 11.1. The average Bonchev–Trinajstić information content (AvgIpc) is 2.38. The lowest BCUT2D eigenvalue weighted by Gasteiger charge is -2.18. The van der Waals surface area contributed by atoms with Crippen molar-refractivity contribution < 1.29 is 19.1 Å². The number of hydrogen-bond acceptors (Lipinski definition) is 2. The second-order valence-electron chi connectivity index (χ2n) is 4.33. The van der Waals surface area contributed by atoms with Gasteiger partial charge in [0.05, 0.1) is 5.02 Å². The third-order valence-corrected chi connectivity index (χ3v) is 2.90. The van der Waals surface area contributed by atoms with Crippen molar-refractivity contribution in [2.24, 2.45) is 0 Å². The van der Waals surface area contributed by atoms with E-state index in [1.54, 1.807) is 13.1 Å². The number of rotatable bonds is 6. The van der Waals surface area contributed by atoms with E-state index >= 15 is 0 Å². The summed E-state index contributed by atoms with van der Waals surface area (Å²) in [6, 6.07) is 4.01. The molecule has 7 heteroatoms. The van der Waals surface area contributed by atoms with Crippen LogP contribution < -0.4 is 5.32 Å². The molecule has 2 amide bonds. The summed E-state index contributed by atoms with van der Waals surface area (Å²) in [6.07, 6.45) is 0.372. The highest BCUT2D eigenvalue weighted by Crippen LogP contribution is 2.16. The number of amides is 2. The Balaban J connectivity index is 2.41. The smallest absolute Gasteiger partial charge is 0.317 e. The summed E-state index contributed by atoms with van der Waals surface area (Å²) in [4.78, 5) is 23.4. The van der Waals surface area contributed by atoms with Crippen molar-refractivity contribution in [3.05, 3.63) is 34.6 Å². The Morgan fingerprint density at radius 2 is 2.15 bits per heavy atom. The molecule has 1 rings (SSSR count). The predicted octanol–water partition coefficient (Wildman–Crippen LogP) is 2.49. The summed E-state index contributed by atoms with van der Waals surface area (Å²) >= 11 is 5.57. The molecule has 1 aromatic rings. The maximum atomic E-state index is 13.2. The van der Waals surface area contributed by atoms with E-state index in [2.05, 4.69) is 5.32 Å². The molecule has 0 fully saturated rings. The normalized spacial score (nSPS) is 10.2. The van der Waals surface area contributed by atoms with E-state index in [0.717, 1.165) is 0 Å². The number of carbonyl (C=O) groups is 2. The molecule has 1 aromatic carbocycles. The van der Waals surface area contributed by atoms with Crippen LogP contribution in [0, 0.1) is 5.82 Å². The Kier molecular flexibility index (Phi) is 6.24. The number of urea groups is 1. The van der Waals surface area contributed by atoms with E-state index in [1.807, 2.05) is 0 Å². The molecule has 2 N–H and O–H groups in total. The van der Waals surface area contributed by atoms with Gasteiger partial charge < -0.3 is 15.3 Å². The van der Waals surface area contributed by atoms with Crippen LogP contribution in [0.5, 0.6) is 0 Å². The lowest BCUT2D eigenvalue weighted by molar-refractivity contribution is -0.137. The molecular weight excluding hydrogens is 287 g/mol. The second kappa shape index (κ2) is 7.69. The van der Waals surface area contributed by atoms with Crippen molar-refractivity contribution in [1.82, 2.24) is 10.2 Å². The number of nitrogens with zero attached hydrogens (tertiary/aromatic N) is 1. The van der Waals surface area contributed by atoms with Gasteiger partial charge in [-0.15, -0.1) is 0 Å². The Labute approximate surface area is 121 Å². The first kappa shape index (κ1) is 16.2. The fourth-order valence-corrected chi connectivity index (χ4v) is 1.67. The minimum atomic E-state index is -0.899. The molecule has 20 heavy (non-hydrogen) atoms. The first-order valence-corrected chi connectivity index (χ1v) is 6.42. The molecule has 0 radical (unpaired) electrons. The number of aliphatic carboxylic acids is 1. The Morgan fingerprint density at radius 3 is 2.75 bits per heavy atom. The van der Waals surface area contributed by atoms with Crippen LogP contribution in [-0.2, 0) is 11.3 Å². The molecule has 0 aliphatic rings. The summed E-state index contributed by atoms with van der Waals surface area (Å²) in [7, 11) is 1.57. The molecule has 0 saturated heterocycles. The van der Waals surface area contributed by atoms with Gasteiger partial charge in [-0.1, -0.05) is 17.7 Å². The number of carboxylic acids is 1. The first-order valence-electron chi connectivity index (χ1n) is 6.05. The number of carbonyl (C=O) groups excluding carboxylic acids is 1. The zero-order valence-corrected chi connectivity index (χ0v) is 11.8. The monoisotopic (exact) mass is 302 g/mol. The van der Waals surface area contributed by atoms with Crippen molar-refractivity contribution in [3.63, 3.8) is 0 Å². The van der Waals surface area contributed by atoms with E-state index < -0.39 is 11.8 Å². The predicted molar refractivity (Wildman–Crippen MR) is 73.1 cm³/mol. The highest BCUT2D eigenvalue weighted by atomic mass is 35.5. The third-order valence-electron chi connectivity index (χ3n) is 2.59. The van der Waals surface area contributed by atoms with E-state index in [9.17, 15) is 14.0 Å². The molecule has 0 aliphatic heterocycles. The Hall–Kier alpha value is -1.82. The second-order valence-corrected chi connectivity index (χ2v) is 4.74. The molecule has 0 aliphatic carbocycles. The largest absolute Gasteiger partial charge is 0.481 e. The zero-order chi connectivity index (χ0) is 15.1. The van der Waals surface area contributed by atoms with Crippen LogP contribution in [0.4, 0.5) is 9.18 Å². The average molecular weight is 303 g/mol. The fourth-order valence-electron chi connectivity index (χ4n) is 1.55. The molecular formula is C13H16ClFN2O3. The number of hydrogen-bond donors (Lipinski definition) is 2. The maximum Gasteiger partial charge on any atom is 0.317 e. The van der Waals surface area contributed by atoms with Crippen LogP contribution in [0.25, 0.3) is 0 Å². The molecule has 0 unspecified atom stereocenters. The van der Waals surface area contributed by atoms with Gasteiger partial charge in [-0.2, -0.15) is 0 Å². The van der Waals surface area contributed by atoms with Crippen molar-refractivity contribution in [3.8, 4) is 0 Å². The van der Waals surface area contributed by atoms with Crippen LogP contribution in [0.3, 0.4) is 0 Å². The third kappa shape index (κ3) is 5.44. The molecule has 5 nitrogen and oxygen atoms in total. The summed E-state index contributed by atoms with van der Waals surface area (Å²) in [5.41, 5.74) is 0.620. The fraction of sp³-hybridized carbons (Fsp3) is 0.385. The lowest BCUT2D eigenvalue weighted by atomic mass is 10.2. The van der Waals surface area contributed by atoms with Crippen molar-refractivity contribution in [1.29, 1.82) is 0 Å². The minimum Gasteiger partial charge on any atom is -0.481 e. The number of halogens is 2. The number of carboxylic acid groups (broad SMARTS) is 1. The van der Waals surface area contributed by atoms with Crippen LogP contribution >= 0.6 is 11.6 Å². The van der Waals surface area contributed by atoms with Crippen LogP contribution in [0.2, 0.25) is 5.02 Å². The van der Waals surface area contributed by atoms with Gasteiger partial charge in [0.15, 0.2) is 0 Å². The van der Waals surface area contributed by atoms with Crippen molar-refractivity contribution in [2.45, 2.75) is 19.4 Å². The highest BCUT2D eigenvalue weighted by molar-refractivity contribution is 6.30. The topological polar surface area (TPSA) is 69.6 Å². The molecule has 0 heterocycles. The number of benzene rings is 1. The molecule has 0 atom stereocenters. The maximum absolute atomic E-state index is 13.2. The van der Waals surface area contributed by atoms with Crippen LogP contribution in [0.1, 0.15) is 18.4 Å². The van der Waals surface area contributed by atoms with E-state index in [-0.39, 0.29) is 30.6 Å². The van der Waals surface area contributed by atoms with Gasteiger partial charge >= 0.3 is 12.0 Å². The highest BCUT2D eigenvalue weighted by Gasteiger charge is 2.10. The molecule has 0 spiro atoms. The summed E-state index contributed by atoms with van der Waals surface area (Å²) < 4.78 is 13.2. The van der Waals surface area contributed by atoms with Crippen LogP contribution in [0.15, 0.2) is 18.2 Å². The van der Waals surface area contributed by atoms with Gasteiger partial charge in [0.25, 0.3) is 0 Å². The SMILES string of the molecule is CN(Cc1ccc(Cl)c(F)c1)C(=O)NCCCC(=O)O. The molecule has 0 aromatic heterocycles. The summed E-state index contributed by atoms with van der Waals surface area (Å²) in [5.74, 6) is -1.43. The van der Waals surface area contributed by atoms with Gasteiger partial charge in [-0.25, -0.2) is 9.18 Å². The standard InChI is InChI=1S/C13H16ClFN2O3/c1-17(13(20)16-6-2-3-12(18)19)8-9-4-5-10(14)11(15)7-9/h4-5,7H,2-3,6,8H2,1H3,(H,16,20)(H,18,19). The van der Waals surface area contributed by atoms with Gasteiger partial charge in [0, 0.05) is 26.6 Å². The molecule has 0 saturated carbocycles. The number of nitrogens with one attached hydrogen (secondary N) is 1. The molecule has 0 bridgehead atoms. The Bertz CT molecular complexity index is 497. The van der Waals surface area contributed by atoms with E-state index in [0.29, 0.717) is 12.0 Å². The van der Waals surface area contributed by atoms with Crippen molar-refractivity contribution >= 4 is 23.6 Å². The van der Waals surface area contributed by atoms with Gasteiger partial charge in [-0.05, 0) is 24.1 Å². The zero-order valence-electron chi connectivity index (χ0n) is 11.0. The Morgan fingerprint density at radius 1 is 1.45 bits per heavy atom. The lowest BCUT2D eigenvalue weighted by Crippen LogP contribution is -2.37. The van der Waals surface area contributed by atoms with Crippen LogP contribution in [-0.4, -0.2) is 35.6 Å². The minimum absolute atomic E-state index is 0.00634. The van der Waals surface area contributed by atoms with Crippen molar-refractivity contribution in [2.75, 3.05) is 13.6 Å². The van der Waals surface area contributed by atoms with Gasteiger partial charge in [0.2, 0.25) is 0 Å². The molecule has 110 valence electrons. The van der Waals surface area contributed by atoms with E-state index in [1.165, 1.54) is 17.0 Å². The quantitative estimate of drug-likeness (QED) is 0.793. The van der Waals surface area contributed by atoms with Gasteiger partial charge in [0.1, 0.15) is 5.82 Å². The first-order chi connectivity index (χ1) is 9.40. The summed E-state index contributed by atoms with van der Waals surface area (Å²) in [6.45, 7) is 0.517. The van der Waals surface area contributed by atoms with Gasteiger partial charge in [-0.3, -0.25) is 4.79 Å². The van der Waals surface area contributed by atoms with E-state index in [4.69, 9.17) is 16.7 Å².